The topological polar surface area (TPSA) is 49.2 Å². The largest absolute Gasteiger partial charge is 0.344 e. The predicted octanol–water partition coefficient (Wildman–Crippen LogP) is 4.12. The van der Waals surface area contributed by atoms with Crippen LogP contribution in [0.2, 0.25) is 0 Å². The summed E-state index contributed by atoms with van der Waals surface area (Å²) in [5.41, 5.74) is 2.59. The Bertz CT molecular complexity index is 954. The monoisotopic (exact) mass is 450 g/mol. The third kappa shape index (κ3) is 5.22. The summed E-state index contributed by atoms with van der Waals surface area (Å²) in [5, 5.41) is 14.7. The van der Waals surface area contributed by atoms with E-state index in [0.717, 1.165) is 62.0 Å². The van der Waals surface area contributed by atoms with Gasteiger partial charge in [-0.25, -0.2) is 0 Å². The van der Waals surface area contributed by atoms with E-state index in [2.05, 4.69) is 78.5 Å². The first-order valence-electron chi connectivity index (χ1n) is 12.1. The number of anilines is 1. The van der Waals surface area contributed by atoms with Gasteiger partial charge in [-0.15, -0.1) is 10.2 Å². The van der Waals surface area contributed by atoms with E-state index in [4.69, 9.17) is 0 Å². The van der Waals surface area contributed by atoms with Gasteiger partial charge in [0.2, 0.25) is 10.3 Å². The Morgan fingerprint density at radius 1 is 0.875 bits per heavy atom. The van der Waals surface area contributed by atoms with Crippen LogP contribution in [-0.4, -0.2) is 58.4 Å². The molecule has 0 bridgehead atoms. The molecule has 7 heteroatoms. The Hall–Kier alpha value is -2.22. The number of hydrogen-bond donors (Lipinski definition) is 1. The molecule has 1 aliphatic carbocycles. The first kappa shape index (κ1) is 21.6. The summed E-state index contributed by atoms with van der Waals surface area (Å²) in [4.78, 5) is 5.13. The molecule has 2 fully saturated rings. The minimum Gasteiger partial charge on any atom is -0.344 e. The van der Waals surface area contributed by atoms with E-state index < -0.39 is 0 Å². The molecule has 1 aromatic carbocycles. The average Bonchev–Trinajstić information content (AvgIpc) is 3.53. The fraction of sp³-hybridized carbons (Fsp3) is 0.520. The zero-order valence-corrected chi connectivity index (χ0v) is 19.6. The molecule has 0 atom stereocenters. The zero-order valence-electron chi connectivity index (χ0n) is 18.8. The van der Waals surface area contributed by atoms with Crippen LogP contribution in [0.3, 0.4) is 0 Å². The molecule has 2 aliphatic rings. The number of piperazine rings is 1. The van der Waals surface area contributed by atoms with Crippen molar-refractivity contribution >= 4 is 16.5 Å². The van der Waals surface area contributed by atoms with E-state index in [-0.39, 0.29) is 0 Å². The van der Waals surface area contributed by atoms with Crippen LogP contribution in [0.5, 0.6) is 0 Å². The molecule has 0 spiro atoms. The van der Waals surface area contributed by atoms with Crippen molar-refractivity contribution in [3.8, 4) is 5.13 Å². The van der Waals surface area contributed by atoms with Gasteiger partial charge in [-0.2, -0.15) is 0 Å². The standard InChI is InChI=1S/C25H34N6S/c1-3-8-21(9-4-1)13-14-26-20-23-12-7-15-31(23)25-28-27-24(32-25)30-18-16-29(17-19-30)22-10-5-2-6-11-22/h1,3-4,7-9,12,15,22,26H,2,5-6,10-11,13-14,16-20H2. The second-order valence-electron chi connectivity index (χ2n) is 8.96. The lowest BCUT2D eigenvalue weighted by Gasteiger charge is -2.40. The van der Waals surface area contributed by atoms with Gasteiger partial charge in [-0.05, 0) is 43.5 Å². The number of rotatable bonds is 8. The summed E-state index contributed by atoms with van der Waals surface area (Å²) in [5.74, 6) is 0. The summed E-state index contributed by atoms with van der Waals surface area (Å²) in [7, 11) is 0. The summed E-state index contributed by atoms with van der Waals surface area (Å²) in [6.45, 7) is 6.21. The van der Waals surface area contributed by atoms with Gasteiger partial charge >= 0.3 is 0 Å². The zero-order chi connectivity index (χ0) is 21.6. The molecule has 1 saturated carbocycles. The molecule has 0 radical (unpaired) electrons. The average molecular weight is 451 g/mol. The SMILES string of the molecule is c1ccc(CCNCc2cccn2-c2nnc(N3CCN(C4CCCCC4)CC3)s2)cc1. The van der Waals surface area contributed by atoms with Crippen LogP contribution in [0.15, 0.2) is 48.7 Å². The van der Waals surface area contributed by atoms with Crippen molar-refractivity contribution in [2.45, 2.75) is 51.1 Å². The highest BCUT2D eigenvalue weighted by atomic mass is 32.1. The Labute approximate surface area is 195 Å². The van der Waals surface area contributed by atoms with Crippen LogP contribution in [0.1, 0.15) is 43.4 Å². The van der Waals surface area contributed by atoms with Crippen LogP contribution in [-0.2, 0) is 13.0 Å². The number of hydrogen-bond acceptors (Lipinski definition) is 6. The molecule has 32 heavy (non-hydrogen) atoms. The molecule has 5 rings (SSSR count). The predicted molar refractivity (Wildman–Crippen MR) is 132 cm³/mol. The Kier molecular flexibility index (Phi) is 7.16. The van der Waals surface area contributed by atoms with Crippen LogP contribution in [0, 0.1) is 0 Å². The highest BCUT2D eigenvalue weighted by molar-refractivity contribution is 7.17. The van der Waals surface area contributed by atoms with E-state index in [1.54, 1.807) is 11.3 Å². The molecule has 6 nitrogen and oxygen atoms in total. The molecule has 2 aromatic heterocycles. The maximum absolute atomic E-state index is 4.55. The smallest absolute Gasteiger partial charge is 0.218 e. The van der Waals surface area contributed by atoms with Gasteiger partial charge in [-0.3, -0.25) is 9.47 Å². The summed E-state index contributed by atoms with van der Waals surface area (Å²) in [6.07, 6.45) is 10.2. The molecular formula is C25H34N6S. The van der Waals surface area contributed by atoms with E-state index in [1.807, 2.05) is 0 Å². The third-order valence-corrected chi connectivity index (χ3v) is 7.84. The van der Waals surface area contributed by atoms with Crippen molar-refractivity contribution < 1.29 is 0 Å². The maximum atomic E-state index is 4.55. The van der Waals surface area contributed by atoms with Crippen LogP contribution in [0.4, 0.5) is 5.13 Å². The summed E-state index contributed by atoms with van der Waals surface area (Å²) >= 11 is 1.70. The minimum absolute atomic E-state index is 0.813. The number of nitrogens with zero attached hydrogens (tertiary/aromatic N) is 5. The van der Waals surface area contributed by atoms with Crippen molar-refractivity contribution in [2.24, 2.45) is 0 Å². The first-order valence-corrected chi connectivity index (χ1v) is 12.9. The highest BCUT2D eigenvalue weighted by Crippen LogP contribution is 2.28. The molecular weight excluding hydrogens is 416 g/mol. The number of benzene rings is 1. The minimum atomic E-state index is 0.813. The molecule has 0 amide bonds. The van der Waals surface area contributed by atoms with Crippen molar-refractivity contribution in [1.82, 2.24) is 25.0 Å². The maximum Gasteiger partial charge on any atom is 0.218 e. The normalized spacial score (nSPS) is 18.3. The number of nitrogens with one attached hydrogen (secondary N) is 1. The van der Waals surface area contributed by atoms with Gasteiger partial charge in [0, 0.05) is 50.7 Å². The van der Waals surface area contributed by atoms with E-state index in [0.29, 0.717) is 0 Å². The second-order valence-corrected chi connectivity index (χ2v) is 9.90. The fourth-order valence-electron chi connectivity index (χ4n) is 5.00. The molecule has 1 saturated heterocycles. The number of aromatic nitrogens is 3. The second kappa shape index (κ2) is 10.6. The molecule has 1 N–H and O–H groups in total. The Morgan fingerprint density at radius 3 is 2.47 bits per heavy atom. The van der Waals surface area contributed by atoms with Crippen molar-refractivity contribution in [3.63, 3.8) is 0 Å². The van der Waals surface area contributed by atoms with Gasteiger partial charge in [0.1, 0.15) is 0 Å². The first-order chi connectivity index (χ1) is 15.9. The van der Waals surface area contributed by atoms with Gasteiger partial charge in [-0.1, -0.05) is 60.9 Å². The van der Waals surface area contributed by atoms with Crippen LogP contribution >= 0.6 is 11.3 Å². The van der Waals surface area contributed by atoms with E-state index in [1.165, 1.54) is 43.4 Å². The van der Waals surface area contributed by atoms with Gasteiger partial charge < -0.3 is 10.2 Å². The molecule has 0 unspecified atom stereocenters. The lowest BCUT2D eigenvalue weighted by molar-refractivity contribution is 0.148. The van der Waals surface area contributed by atoms with E-state index in [9.17, 15) is 0 Å². The van der Waals surface area contributed by atoms with Gasteiger partial charge in [0.05, 0.1) is 0 Å². The van der Waals surface area contributed by atoms with Crippen LogP contribution in [0.25, 0.3) is 5.13 Å². The highest BCUT2D eigenvalue weighted by Gasteiger charge is 2.26. The van der Waals surface area contributed by atoms with Gasteiger partial charge in [0.25, 0.3) is 0 Å². The van der Waals surface area contributed by atoms with Crippen molar-refractivity contribution in [2.75, 3.05) is 37.6 Å². The molecule has 170 valence electrons. The lowest BCUT2D eigenvalue weighted by atomic mass is 9.94. The lowest BCUT2D eigenvalue weighted by Crippen LogP contribution is -2.50. The third-order valence-electron chi connectivity index (χ3n) is 6.86. The van der Waals surface area contributed by atoms with Crippen molar-refractivity contribution in [3.05, 3.63) is 59.9 Å². The van der Waals surface area contributed by atoms with Crippen LogP contribution < -0.4 is 10.2 Å². The summed E-state index contributed by atoms with van der Waals surface area (Å²) < 4.78 is 2.18. The van der Waals surface area contributed by atoms with E-state index >= 15 is 0 Å². The quantitative estimate of drug-likeness (QED) is 0.523. The Balaban J connectivity index is 1.14. The molecule has 3 aromatic rings. The Morgan fingerprint density at radius 2 is 1.66 bits per heavy atom. The van der Waals surface area contributed by atoms with Crippen molar-refractivity contribution in [1.29, 1.82) is 0 Å². The molecule has 3 heterocycles. The fourth-order valence-corrected chi connectivity index (χ4v) is 5.91. The molecule has 1 aliphatic heterocycles. The summed E-state index contributed by atoms with van der Waals surface area (Å²) in [6, 6.07) is 15.7. The van der Waals surface area contributed by atoms with Gasteiger partial charge in [0.15, 0.2) is 0 Å².